The number of carbonyl (C=O) groups is 1. The van der Waals surface area contributed by atoms with E-state index in [0.29, 0.717) is 12.5 Å². The van der Waals surface area contributed by atoms with E-state index in [0.717, 1.165) is 50.6 Å². The minimum Gasteiger partial charge on any atom is -0.477 e. The van der Waals surface area contributed by atoms with Crippen LogP contribution in [-0.2, 0) is 35.6 Å². The Labute approximate surface area is 170 Å². The first-order valence-electron chi connectivity index (χ1n) is 10.2. The van der Waals surface area contributed by atoms with Crippen molar-refractivity contribution in [3.63, 3.8) is 0 Å². The summed E-state index contributed by atoms with van der Waals surface area (Å²) in [6, 6.07) is 1.73. The normalized spacial score (nSPS) is 21.5. The number of anilines is 1. The summed E-state index contributed by atoms with van der Waals surface area (Å²) in [5.74, 6) is 0.342. The number of nitrogens with one attached hydrogen (secondary N) is 1. The molecule has 0 saturated carbocycles. The maximum Gasteiger partial charge on any atom is 0.354 e. The number of aromatic nitrogens is 2. The van der Waals surface area contributed by atoms with Crippen molar-refractivity contribution >= 4 is 21.6 Å². The lowest BCUT2D eigenvalue weighted by atomic mass is 9.99. The van der Waals surface area contributed by atoms with Gasteiger partial charge in [-0.05, 0) is 67.7 Å². The molecular formula is C20H25N5O3S. The number of benzene rings is 1. The fourth-order valence-corrected chi connectivity index (χ4v) is 5.70. The SMILES string of the molecule is CC1CCOc2c(S(N)(=O)=NC(=O)Nc3c4c(cc5c3CCC5)CCC4)cnn21. The summed E-state index contributed by atoms with van der Waals surface area (Å²) in [6.07, 6.45) is 8.34. The fraction of sp³-hybridized carbons (Fsp3) is 0.500. The number of hydrogen-bond acceptors (Lipinski definition) is 4. The van der Waals surface area contributed by atoms with Gasteiger partial charge in [0.05, 0.1) is 18.8 Å². The summed E-state index contributed by atoms with van der Waals surface area (Å²) in [6.45, 7) is 2.49. The summed E-state index contributed by atoms with van der Waals surface area (Å²) in [4.78, 5) is 12.9. The van der Waals surface area contributed by atoms with Crippen LogP contribution in [0.5, 0.6) is 5.88 Å². The van der Waals surface area contributed by atoms with Crippen LogP contribution in [0.15, 0.2) is 21.5 Å². The molecule has 2 atom stereocenters. The standard InChI is InChI=1S/C20H25N5O3S/c1-12-8-9-28-19-17(11-22-25(12)19)29(21,27)24-20(26)23-18-15-6-2-4-13(15)10-14-5-3-7-16(14)18/h10-12H,2-9H2,1H3,(H3,21,23,24,26,27). The van der Waals surface area contributed by atoms with Gasteiger partial charge in [0, 0.05) is 12.1 Å². The van der Waals surface area contributed by atoms with Crippen LogP contribution in [0, 0.1) is 0 Å². The highest BCUT2D eigenvalue weighted by Gasteiger charge is 2.28. The van der Waals surface area contributed by atoms with Crippen molar-refractivity contribution < 1.29 is 13.7 Å². The second-order valence-electron chi connectivity index (χ2n) is 8.07. The maximum absolute atomic E-state index is 13.1. The van der Waals surface area contributed by atoms with Crippen LogP contribution in [0.2, 0.25) is 0 Å². The van der Waals surface area contributed by atoms with E-state index in [9.17, 15) is 9.00 Å². The molecule has 0 bridgehead atoms. The smallest absolute Gasteiger partial charge is 0.354 e. The minimum absolute atomic E-state index is 0.117. The molecule has 2 aliphatic carbocycles. The first kappa shape index (κ1) is 18.6. The lowest BCUT2D eigenvalue weighted by molar-refractivity contribution is 0.196. The van der Waals surface area contributed by atoms with Gasteiger partial charge in [-0.2, -0.15) is 5.10 Å². The van der Waals surface area contributed by atoms with E-state index in [1.165, 1.54) is 28.5 Å². The molecule has 2 amide bonds. The van der Waals surface area contributed by atoms with Crippen molar-refractivity contribution in [2.24, 2.45) is 9.50 Å². The number of nitrogens with two attached hydrogens (primary N) is 1. The zero-order valence-corrected chi connectivity index (χ0v) is 17.3. The molecule has 154 valence electrons. The summed E-state index contributed by atoms with van der Waals surface area (Å²) >= 11 is 0. The van der Waals surface area contributed by atoms with Crippen LogP contribution in [0.4, 0.5) is 10.5 Å². The van der Waals surface area contributed by atoms with Gasteiger partial charge in [0.2, 0.25) is 5.88 Å². The first-order valence-corrected chi connectivity index (χ1v) is 11.7. The van der Waals surface area contributed by atoms with Gasteiger partial charge in [0.1, 0.15) is 4.90 Å². The molecule has 1 aromatic carbocycles. The summed E-state index contributed by atoms with van der Waals surface area (Å²) in [5, 5.41) is 13.1. The highest BCUT2D eigenvalue weighted by Crippen LogP contribution is 2.39. The predicted octanol–water partition coefficient (Wildman–Crippen LogP) is 3.14. The Morgan fingerprint density at radius 3 is 2.66 bits per heavy atom. The van der Waals surface area contributed by atoms with Crippen LogP contribution in [0.3, 0.4) is 0 Å². The highest BCUT2D eigenvalue weighted by molar-refractivity contribution is 7.91. The Bertz CT molecular complexity index is 1100. The number of amides is 2. The van der Waals surface area contributed by atoms with Crippen molar-refractivity contribution in [2.75, 3.05) is 11.9 Å². The second-order valence-corrected chi connectivity index (χ2v) is 9.83. The molecule has 3 aliphatic rings. The fourth-order valence-electron chi connectivity index (χ4n) is 4.70. The van der Waals surface area contributed by atoms with Gasteiger partial charge in [-0.1, -0.05) is 6.07 Å². The number of fused-ring (bicyclic) bond motifs is 3. The van der Waals surface area contributed by atoms with Crippen molar-refractivity contribution in [1.82, 2.24) is 9.78 Å². The molecule has 0 radical (unpaired) electrons. The van der Waals surface area contributed by atoms with Crippen molar-refractivity contribution in [3.8, 4) is 5.88 Å². The third-order valence-corrected chi connectivity index (χ3v) is 7.50. The van der Waals surface area contributed by atoms with Crippen LogP contribution >= 0.6 is 0 Å². The highest BCUT2D eigenvalue weighted by atomic mass is 32.2. The number of ether oxygens (including phenoxy) is 1. The Balaban J connectivity index is 1.49. The van der Waals surface area contributed by atoms with E-state index in [2.05, 4.69) is 20.8 Å². The molecule has 3 N–H and O–H groups in total. The number of carbonyl (C=O) groups excluding carboxylic acids is 1. The van der Waals surface area contributed by atoms with Crippen LogP contribution < -0.4 is 15.2 Å². The Hall–Kier alpha value is -2.39. The molecule has 8 nitrogen and oxygen atoms in total. The van der Waals surface area contributed by atoms with Gasteiger partial charge < -0.3 is 10.1 Å². The summed E-state index contributed by atoms with van der Waals surface area (Å²) in [7, 11) is -3.47. The van der Waals surface area contributed by atoms with E-state index in [1.807, 2.05) is 6.92 Å². The Morgan fingerprint density at radius 2 is 1.97 bits per heavy atom. The maximum atomic E-state index is 13.1. The molecule has 0 saturated heterocycles. The lowest BCUT2D eigenvalue weighted by Crippen LogP contribution is -2.22. The molecule has 0 spiro atoms. The molecule has 1 aromatic heterocycles. The quantitative estimate of drug-likeness (QED) is 0.785. The average molecular weight is 416 g/mol. The molecule has 9 heteroatoms. The van der Waals surface area contributed by atoms with E-state index >= 15 is 0 Å². The molecule has 0 fully saturated rings. The monoisotopic (exact) mass is 415 g/mol. The van der Waals surface area contributed by atoms with Crippen molar-refractivity contribution in [3.05, 3.63) is 34.5 Å². The van der Waals surface area contributed by atoms with E-state index in [4.69, 9.17) is 9.88 Å². The summed E-state index contributed by atoms with van der Waals surface area (Å²) in [5.41, 5.74) is 5.86. The topological polar surface area (TPSA) is 112 Å². The van der Waals surface area contributed by atoms with Gasteiger partial charge in [-0.15, -0.1) is 4.36 Å². The van der Waals surface area contributed by atoms with E-state index < -0.39 is 15.9 Å². The number of aryl methyl sites for hydroxylation is 2. The zero-order valence-electron chi connectivity index (χ0n) is 16.4. The lowest BCUT2D eigenvalue weighted by Gasteiger charge is -2.22. The molecule has 2 heterocycles. The van der Waals surface area contributed by atoms with Crippen molar-refractivity contribution in [2.45, 2.75) is 62.8 Å². The first-order chi connectivity index (χ1) is 13.9. The molecule has 5 rings (SSSR count). The Kier molecular flexibility index (Phi) is 4.40. The van der Waals surface area contributed by atoms with Crippen LogP contribution in [0.1, 0.15) is 54.5 Å². The summed E-state index contributed by atoms with van der Waals surface area (Å²) < 4.78 is 24.2. The molecular weight excluding hydrogens is 390 g/mol. The van der Waals surface area contributed by atoms with E-state index in [-0.39, 0.29) is 10.9 Å². The number of hydrogen-bond donors (Lipinski definition) is 2. The molecule has 2 aromatic rings. The largest absolute Gasteiger partial charge is 0.477 e. The second kappa shape index (κ2) is 6.84. The predicted molar refractivity (Wildman–Crippen MR) is 110 cm³/mol. The molecule has 29 heavy (non-hydrogen) atoms. The zero-order chi connectivity index (χ0) is 20.2. The van der Waals surface area contributed by atoms with Crippen LogP contribution in [0.25, 0.3) is 0 Å². The minimum atomic E-state index is -3.47. The van der Waals surface area contributed by atoms with Crippen LogP contribution in [-0.4, -0.2) is 26.6 Å². The van der Waals surface area contributed by atoms with Crippen molar-refractivity contribution in [1.29, 1.82) is 0 Å². The average Bonchev–Trinajstić information content (AvgIpc) is 3.40. The van der Waals surface area contributed by atoms with Gasteiger partial charge >= 0.3 is 6.03 Å². The Morgan fingerprint density at radius 1 is 1.28 bits per heavy atom. The molecule has 1 aliphatic heterocycles. The number of nitrogens with zero attached hydrogens (tertiary/aromatic N) is 3. The van der Waals surface area contributed by atoms with Gasteiger partial charge in [0.15, 0.2) is 9.92 Å². The third-order valence-electron chi connectivity index (χ3n) is 6.15. The van der Waals surface area contributed by atoms with Gasteiger partial charge in [0.25, 0.3) is 0 Å². The molecule has 2 unspecified atom stereocenters. The number of urea groups is 1. The van der Waals surface area contributed by atoms with Gasteiger partial charge in [-0.25, -0.2) is 18.8 Å². The van der Waals surface area contributed by atoms with E-state index in [1.54, 1.807) is 4.68 Å². The van der Waals surface area contributed by atoms with Gasteiger partial charge in [-0.3, -0.25) is 0 Å². The third kappa shape index (κ3) is 3.12. The number of rotatable bonds is 2.